The highest BCUT2D eigenvalue weighted by Crippen LogP contribution is 2.30. The maximum Gasteiger partial charge on any atom is 0.573 e. The van der Waals surface area contributed by atoms with E-state index in [9.17, 15) is 22.0 Å². The van der Waals surface area contributed by atoms with Gasteiger partial charge in [0.15, 0.2) is 17.4 Å². The molecule has 78 valence electrons. The molecule has 0 saturated carbocycles. The second-order valence-corrected chi connectivity index (χ2v) is 2.32. The van der Waals surface area contributed by atoms with Gasteiger partial charge in [0, 0.05) is 0 Å². The first kappa shape index (κ1) is 10.6. The number of hydrogen-bond donors (Lipinski definition) is 1. The summed E-state index contributed by atoms with van der Waals surface area (Å²) >= 11 is 0. The van der Waals surface area contributed by atoms with Crippen molar-refractivity contribution in [3.8, 4) is 5.75 Å². The molecule has 1 aromatic rings. The Morgan fingerprint density at radius 1 is 1.14 bits per heavy atom. The maximum atomic E-state index is 12.6. The van der Waals surface area contributed by atoms with E-state index in [0.29, 0.717) is 12.1 Å². The first-order valence-electron chi connectivity index (χ1n) is 3.30. The second kappa shape index (κ2) is 3.32. The highest BCUT2D eigenvalue weighted by atomic mass is 19.4. The third-order valence-electron chi connectivity index (χ3n) is 1.32. The van der Waals surface area contributed by atoms with Gasteiger partial charge in [0.05, 0.1) is 0 Å². The normalized spacial score (nSPS) is 11.5. The largest absolute Gasteiger partial charge is 0.573 e. The van der Waals surface area contributed by atoms with Crippen molar-refractivity contribution in [3.05, 3.63) is 23.8 Å². The van der Waals surface area contributed by atoms with Gasteiger partial charge < -0.3 is 10.5 Å². The van der Waals surface area contributed by atoms with Crippen molar-refractivity contribution in [3.63, 3.8) is 0 Å². The number of hydrogen-bond acceptors (Lipinski definition) is 2. The molecule has 0 aliphatic heterocycles. The fraction of sp³-hybridized carbons (Fsp3) is 0.143. The van der Waals surface area contributed by atoms with Crippen LogP contribution in [0.3, 0.4) is 0 Å². The second-order valence-electron chi connectivity index (χ2n) is 2.32. The van der Waals surface area contributed by atoms with Crippen LogP contribution in [0.2, 0.25) is 0 Å². The molecule has 0 unspecified atom stereocenters. The van der Waals surface area contributed by atoms with E-state index in [1.165, 1.54) is 0 Å². The first-order chi connectivity index (χ1) is 6.31. The van der Waals surface area contributed by atoms with Crippen LogP contribution < -0.4 is 10.5 Å². The van der Waals surface area contributed by atoms with Crippen LogP contribution in [0.15, 0.2) is 12.1 Å². The average Bonchev–Trinajstić information content (AvgIpc) is 2.04. The van der Waals surface area contributed by atoms with Gasteiger partial charge in [0.25, 0.3) is 0 Å². The molecule has 0 bridgehead atoms. The van der Waals surface area contributed by atoms with Gasteiger partial charge in [-0.2, -0.15) is 0 Å². The summed E-state index contributed by atoms with van der Waals surface area (Å²) in [6.45, 7) is 0. The van der Waals surface area contributed by atoms with Crippen LogP contribution in [0, 0.1) is 11.6 Å². The SMILES string of the molecule is Nc1c(OC(F)(F)F)ccc(F)c1F. The number of nitrogens with two attached hydrogens (primary N) is 1. The molecule has 7 heteroatoms. The van der Waals surface area contributed by atoms with E-state index in [2.05, 4.69) is 4.74 Å². The van der Waals surface area contributed by atoms with E-state index >= 15 is 0 Å². The van der Waals surface area contributed by atoms with Gasteiger partial charge in [0.1, 0.15) is 5.69 Å². The molecule has 0 fully saturated rings. The number of anilines is 1. The molecular formula is C7H4F5NO. The molecule has 1 rings (SSSR count). The lowest BCUT2D eigenvalue weighted by Gasteiger charge is -2.11. The Hall–Kier alpha value is -1.53. The van der Waals surface area contributed by atoms with Crippen LogP contribution in [-0.4, -0.2) is 6.36 Å². The molecule has 0 spiro atoms. The first-order valence-corrected chi connectivity index (χ1v) is 3.30. The molecule has 0 amide bonds. The summed E-state index contributed by atoms with van der Waals surface area (Å²) in [5, 5.41) is 0. The third kappa shape index (κ3) is 2.24. The van der Waals surface area contributed by atoms with Crippen LogP contribution in [0.5, 0.6) is 5.75 Å². The molecular weight excluding hydrogens is 209 g/mol. The zero-order valence-corrected chi connectivity index (χ0v) is 6.53. The molecule has 1 aromatic carbocycles. The minimum Gasteiger partial charge on any atom is -0.403 e. The van der Waals surface area contributed by atoms with Crippen molar-refractivity contribution in [2.45, 2.75) is 6.36 Å². The van der Waals surface area contributed by atoms with Crippen LogP contribution in [0.4, 0.5) is 27.6 Å². The Morgan fingerprint density at radius 2 is 1.71 bits per heavy atom. The van der Waals surface area contributed by atoms with E-state index in [-0.39, 0.29) is 0 Å². The van der Waals surface area contributed by atoms with Crippen molar-refractivity contribution >= 4 is 5.69 Å². The van der Waals surface area contributed by atoms with Crippen molar-refractivity contribution in [1.82, 2.24) is 0 Å². The summed E-state index contributed by atoms with van der Waals surface area (Å²) in [5.41, 5.74) is 3.84. The van der Waals surface area contributed by atoms with Crippen LogP contribution in [-0.2, 0) is 0 Å². The highest BCUT2D eigenvalue weighted by Gasteiger charge is 2.32. The zero-order chi connectivity index (χ0) is 10.9. The van der Waals surface area contributed by atoms with Gasteiger partial charge in [-0.15, -0.1) is 13.2 Å². The fourth-order valence-corrected chi connectivity index (χ4v) is 0.762. The number of halogens is 5. The quantitative estimate of drug-likeness (QED) is 0.574. The Morgan fingerprint density at radius 3 is 2.21 bits per heavy atom. The van der Waals surface area contributed by atoms with Gasteiger partial charge >= 0.3 is 6.36 Å². The van der Waals surface area contributed by atoms with Gasteiger partial charge in [-0.05, 0) is 12.1 Å². The average molecular weight is 213 g/mol. The minimum absolute atomic E-state index is 0.493. The van der Waals surface area contributed by atoms with E-state index in [0.717, 1.165) is 0 Å². The molecule has 14 heavy (non-hydrogen) atoms. The van der Waals surface area contributed by atoms with Gasteiger partial charge in [-0.1, -0.05) is 0 Å². The van der Waals surface area contributed by atoms with Crippen LogP contribution >= 0.6 is 0 Å². The van der Waals surface area contributed by atoms with Gasteiger partial charge in [-0.25, -0.2) is 8.78 Å². The Bertz CT molecular complexity index is 349. The van der Waals surface area contributed by atoms with E-state index in [1.54, 1.807) is 0 Å². The molecule has 0 aliphatic rings. The number of benzene rings is 1. The molecule has 0 heterocycles. The molecule has 0 aromatic heterocycles. The zero-order valence-electron chi connectivity index (χ0n) is 6.53. The lowest BCUT2D eigenvalue weighted by molar-refractivity contribution is -0.274. The fourth-order valence-electron chi connectivity index (χ4n) is 0.762. The predicted octanol–water partition coefficient (Wildman–Crippen LogP) is 2.45. The van der Waals surface area contributed by atoms with E-state index < -0.39 is 29.4 Å². The molecule has 0 aliphatic carbocycles. The predicted molar refractivity (Wildman–Crippen MR) is 37.5 cm³/mol. The highest BCUT2D eigenvalue weighted by molar-refractivity contribution is 5.53. The smallest absolute Gasteiger partial charge is 0.403 e. The lowest BCUT2D eigenvalue weighted by Crippen LogP contribution is -2.18. The number of ether oxygens (including phenoxy) is 1. The van der Waals surface area contributed by atoms with Crippen molar-refractivity contribution in [2.75, 3.05) is 5.73 Å². The van der Waals surface area contributed by atoms with Crippen molar-refractivity contribution in [1.29, 1.82) is 0 Å². The van der Waals surface area contributed by atoms with E-state index in [1.807, 2.05) is 0 Å². The van der Waals surface area contributed by atoms with Crippen molar-refractivity contribution < 1.29 is 26.7 Å². The summed E-state index contributed by atoms with van der Waals surface area (Å²) in [6, 6.07) is 1.09. The van der Waals surface area contributed by atoms with E-state index in [4.69, 9.17) is 5.73 Å². The molecule has 2 N–H and O–H groups in total. The third-order valence-corrected chi connectivity index (χ3v) is 1.32. The summed E-state index contributed by atoms with van der Waals surface area (Å²) < 4.78 is 63.3. The maximum absolute atomic E-state index is 12.6. The summed E-state index contributed by atoms with van der Waals surface area (Å²) in [6.07, 6.45) is -4.99. The van der Waals surface area contributed by atoms with Crippen LogP contribution in [0.25, 0.3) is 0 Å². The topological polar surface area (TPSA) is 35.2 Å². The van der Waals surface area contributed by atoms with Crippen LogP contribution in [0.1, 0.15) is 0 Å². The Kier molecular flexibility index (Phi) is 2.50. The monoisotopic (exact) mass is 213 g/mol. The minimum atomic E-state index is -4.99. The summed E-state index contributed by atoms with van der Waals surface area (Å²) in [5.74, 6) is -3.86. The number of rotatable bonds is 1. The number of alkyl halides is 3. The number of nitrogen functional groups attached to an aromatic ring is 1. The molecule has 0 atom stereocenters. The summed E-state index contributed by atoms with van der Waals surface area (Å²) in [7, 11) is 0. The van der Waals surface area contributed by atoms with Gasteiger partial charge in [-0.3, -0.25) is 0 Å². The van der Waals surface area contributed by atoms with Gasteiger partial charge in [0.2, 0.25) is 0 Å². The lowest BCUT2D eigenvalue weighted by atomic mass is 10.3. The summed E-state index contributed by atoms with van der Waals surface area (Å²) in [4.78, 5) is 0. The molecule has 2 nitrogen and oxygen atoms in total. The molecule has 0 radical (unpaired) electrons. The molecule has 0 saturated heterocycles. The Labute approximate surface area is 75.1 Å². The standard InChI is InChI=1S/C7H4F5NO/c8-3-1-2-4(6(13)5(3)9)14-7(10,11)12/h1-2H,13H2. The van der Waals surface area contributed by atoms with Crippen molar-refractivity contribution in [2.24, 2.45) is 0 Å². The Balaban J connectivity index is 3.06.